The second-order valence-electron chi connectivity index (χ2n) is 6.83. The van der Waals surface area contributed by atoms with Crippen LogP contribution in [0.15, 0.2) is 24.3 Å². The van der Waals surface area contributed by atoms with Gasteiger partial charge in [-0.15, -0.1) is 0 Å². The molecule has 0 radical (unpaired) electrons. The Kier molecular flexibility index (Phi) is 5.66. The maximum atomic E-state index is 12.3. The highest BCUT2D eigenvalue weighted by Crippen LogP contribution is 2.28. The number of rotatable bonds is 5. The minimum Gasteiger partial charge on any atom is -0.435 e. The third-order valence-electron chi connectivity index (χ3n) is 5.26. The smallest absolute Gasteiger partial charge is 0.387 e. The van der Waals surface area contributed by atoms with Gasteiger partial charge in [0.15, 0.2) is 6.54 Å². The number of quaternary nitrogens is 1. The highest BCUT2D eigenvalue weighted by Gasteiger charge is 2.37. The fourth-order valence-corrected chi connectivity index (χ4v) is 4.22. The number of hydrogen-bond donors (Lipinski definition) is 2. The van der Waals surface area contributed by atoms with Gasteiger partial charge in [0.05, 0.1) is 12.6 Å². The van der Waals surface area contributed by atoms with E-state index in [2.05, 4.69) is 10.1 Å². The Hall–Kier alpha value is -1.69. The van der Waals surface area contributed by atoms with Gasteiger partial charge < -0.3 is 15.0 Å². The van der Waals surface area contributed by atoms with Crippen LogP contribution in [0.1, 0.15) is 38.5 Å². The van der Waals surface area contributed by atoms with Crippen molar-refractivity contribution in [1.82, 2.24) is 0 Å². The molecule has 132 valence electrons. The lowest BCUT2D eigenvalue weighted by Crippen LogP contribution is -3.18. The first-order chi connectivity index (χ1) is 11.6. The SMILES string of the molecule is O=C(C[NH+]1CCC[C@@H]2CCCC[C@@H]21)Nc1ccc(OC(F)F)cc1. The second-order valence-corrected chi connectivity index (χ2v) is 6.83. The van der Waals surface area contributed by atoms with Crippen LogP contribution in [0, 0.1) is 5.92 Å². The number of alkyl halides is 2. The van der Waals surface area contributed by atoms with E-state index in [1.807, 2.05) is 0 Å². The number of hydrogen-bond acceptors (Lipinski definition) is 2. The topological polar surface area (TPSA) is 42.8 Å². The van der Waals surface area contributed by atoms with Crippen LogP contribution < -0.4 is 15.0 Å². The van der Waals surface area contributed by atoms with E-state index in [0.717, 1.165) is 12.5 Å². The van der Waals surface area contributed by atoms with Crippen LogP contribution in [0.3, 0.4) is 0 Å². The number of amides is 1. The molecule has 1 amide bonds. The summed E-state index contributed by atoms with van der Waals surface area (Å²) in [6.07, 6.45) is 7.64. The quantitative estimate of drug-likeness (QED) is 0.865. The lowest BCUT2D eigenvalue weighted by Gasteiger charge is -2.40. The summed E-state index contributed by atoms with van der Waals surface area (Å²) in [5.41, 5.74) is 0.609. The summed E-state index contributed by atoms with van der Waals surface area (Å²) in [6, 6.07) is 6.68. The van der Waals surface area contributed by atoms with Crippen molar-refractivity contribution in [3.05, 3.63) is 24.3 Å². The second kappa shape index (κ2) is 7.92. The van der Waals surface area contributed by atoms with Gasteiger partial charge in [-0.05, 0) is 56.4 Å². The van der Waals surface area contributed by atoms with Crippen LogP contribution in [-0.4, -0.2) is 31.7 Å². The number of carbonyl (C=O) groups is 1. The molecule has 2 fully saturated rings. The molecule has 1 aromatic rings. The van der Waals surface area contributed by atoms with Crippen LogP contribution in [0.4, 0.5) is 14.5 Å². The number of anilines is 1. The molecule has 1 unspecified atom stereocenters. The number of likely N-dealkylation sites (tertiary alicyclic amines) is 1. The first kappa shape index (κ1) is 17.1. The molecule has 0 aromatic heterocycles. The third-order valence-corrected chi connectivity index (χ3v) is 5.26. The summed E-state index contributed by atoms with van der Waals surface area (Å²) in [5, 5.41) is 2.86. The molecule has 24 heavy (non-hydrogen) atoms. The first-order valence-electron chi connectivity index (χ1n) is 8.81. The summed E-state index contributed by atoms with van der Waals surface area (Å²) in [6.45, 7) is -1.29. The first-order valence-corrected chi connectivity index (χ1v) is 8.81. The minimum absolute atomic E-state index is 0.0150. The average Bonchev–Trinajstić information content (AvgIpc) is 2.56. The summed E-state index contributed by atoms with van der Waals surface area (Å²) < 4.78 is 28.6. The number of carbonyl (C=O) groups excluding carboxylic acids is 1. The molecule has 2 aliphatic rings. The van der Waals surface area contributed by atoms with Crippen molar-refractivity contribution >= 4 is 11.6 Å². The lowest BCUT2D eigenvalue weighted by atomic mass is 9.78. The molecule has 3 atom stereocenters. The Morgan fingerprint density at radius 2 is 1.88 bits per heavy atom. The lowest BCUT2D eigenvalue weighted by molar-refractivity contribution is -0.928. The van der Waals surface area contributed by atoms with Crippen LogP contribution in [-0.2, 0) is 4.79 Å². The van der Waals surface area contributed by atoms with Gasteiger partial charge in [0.1, 0.15) is 5.75 Å². The van der Waals surface area contributed by atoms with E-state index < -0.39 is 6.61 Å². The van der Waals surface area contributed by atoms with Gasteiger partial charge >= 0.3 is 6.61 Å². The van der Waals surface area contributed by atoms with E-state index in [1.54, 1.807) is 12.1 Å². The van der Waals surface area contributed by atoms with E-state index in [4.69, 9.17) is 0 Å². The standard InChI is InChI=1S/C18H24F2N2O2/c19-18(20)24-15-9-7-14(8-10-15)21-17(23)12-22-11-3-5-13-4-1-2-6-16(13)22/h7-10,13,16,18H,1-6,11-12H2,(H,21,23)/p+1/t13-,16-/m0/s1. The van der Waals surface area contributed by atoms with E-state index in [9.17, 15) is 13.6 Å². The molecule has 1 saturated heterocycles. The molecule has 0 spiro atoms. The molecule has 1 aliphatic carbocycles. The highest BCUT2D eigenvalue weighted by molar-refractivity contribution is 5.91. The zero-order chi connectivity index (χ0) is 16.9. The highest BCUT2D eigenvalue weighted by atomic mass is 19.3. The van der Waals surface area contributed by atoms with Crippen LogP contribution >= 0.6 is 0 Å². The predicted molar refractivity (Wildman–Crippen MR) is 87.4 cm³/mol. The number of ether oxygens (including phenoxy) is 1. The van der Waals surface area contributed by atoms with Crippen molar-refractivity contribution in [2.75, 3.05) is 18.4 Å². The molecule has 1 saturated carbocycles. The van der Waals surface area contributed by atoms with Gasteiger partial charge in [0.2, 0.25) is 0 Å². The van der Waals surface area contributed by atoms with E-state index in [1.165, 1.54) is 55.6 Å². The van der Waals surface area contributed by atoms with Gasteiger partial charge in [-0.3, -0.25) is 4.79 Å². The molecular weight excluding hydrogens is 314 g/mol. The number of nitrogens with one attached hydrogen (secondary N) is 2. The van der Waals surface area contributed by atoms with Gasteiger partial charge in [0.25, 0.3) is 5.91 Å². The van der Waals surface area contributed by atoms with Crippen molar-refractivity contribution in [2.24, 2.45) is 5.92 Å². The number of piperidine rings is 1. The molecule has 1 heterocycles. The maximum absolute atomic E-state index is 12.3. The maximum Gasteiger partial charge on any atom is 0.387 e. The molecule has 1 aromatic carbocycles. The number of benzene rings is 1. The molecule has 0 bridgehead atoms. The van der Waals surface area contributed by atoms with Crippen molar-refractivity contribution in [3.8, 4) is 5.75 Å². The van der Waals surface area contributed by atoms with Gasteiger partial charge in [-0.2, -0.15) is 8.78 Å². The largest absolute Gasteiger partial charge is 0.435 e. The fraction of sp³-hybridized carbons (Fsp3) is 0.611. The van der Waals surface area contributed by atoms with E-state index >= 15 is 0 Å². The molecular formula is C18H25F2N2O2+. The van der Waals surface area contributed by atoms with Crippen molar-refractivity contribution in [3.63, 3.8) is 0 Å². The van der Waals surface area contributed by atoms with Crippen LogP contribution in [0.25, 0.3) is 0 Å². The van der Waals surface area contributed by atoms with Crippen molar-refractivity contribution in [1.29, 1.82) is 0 Å². The Morgan fingerprint density at radius 1 is 1.17 bits per heavy atom. The van der Waals surface area contributed by atoms with E-state index in [-0.39, 0.29) is 11.7 Å². The Bertz CT molecular complexity index is 548. The van der Waals surface area contributed by atoms with Gasteiger partial charge in [-0.1, -0.05) is 6.42 Å². The number of halogens is 2. The Morgan fingerprint density at radius 3 is 2.62 bits per heavy atom. The van der Waals surface area contributed by atoms with Gasteiger partial charge in [0, 0.05) is 11.6 Å². The zero-order valence-corrected chi connectivity index (χ0v) is 13.8. The summed E-state index contributed by atoms with van der Waals surface area (Å²) >= 11 is 0. The van der Waals surface area contributed by atoms with Crippen molar-refractivity contribution < 1.29 is 23.2 Å². The summed E-state index contributed by atoms with van der Waals surface area (Å²) in [4.78, 5) is 13.7. The minimum atomic E-state index is -2.84. The summed E-state index contributed by atoms with van der Waals surface area (Å²) in [5.74, 6) is 0.856. The molecule has 1 aliphatic heterocycles. The Balaban J connectivity index is 1.53. The number of fused-ring (bicyclic) bond motifs is 1. The molecule has 3 rings (SSSR count). The van der Waals surface area contributed by atoms with Crippen molar-refractivity contribution in [2.45, 2.75) is 51.2 Å². The third kappa shape index (κ3) is 4.44. The van der Waals surface area contributed by atoms with Crippen LogP contribution in [0.2, 0.25) is 0 Å². The van der Waals surface area contributed by atoms with E-state index in [0.29, 0.717) is 18.3 Å². The summed E-state index contributed by atoms with van der Waals surface area (Å²) in [7, 11) is 0. The zero-order valence-electron chi connectivity index (χ0n) is 13.8. The molecule has 6 heteroatoms. The van der Waals surface area contributed by atoms with Crippen LogP contribution in [0.5, 0.6) is 5.75 Å². The van der Waals surface area contributed by atoms with Gasteiger partial charge in [-0.25, -0.2) is 0 Å². The molecule has 4 nitrogen and oxygen atoms in total. The predicted octanol–water partition coefficient (Wildman–Crippen LogP) is 2.46. The normalized spacial score (nSPS) is 26.7. The molecule has 2 N–H and O–H groups in total. The monoisotopic (exact) mass is 339 g/mol. The average molecular weight is 339 g/mol. The fourth-order valence-electron chi connectivity index (χ4n) is 4.22. The Labute approximate surface area is 141 Å².